The number of carbonyl (C=O) groups is 2. The summed E-state index contributed by atoms with van der Waals surface area (Å²) < 4.78 is 0. The van der Waals surface area contributed by atoms with E-state index in [1.807, 2.05) is 31.2 Å². The number of aryl methyl sites for hydroxylation is 1. The van der Waals surface area contributed by atoms with Gasteiger partial charge in [0.2, 0.25) is 11.8 Å². The summed E-state index contributed by atoms with van der Waals surface area (Å²) in [6, 6.07) is 14.6. The molecule has 2 amide bonds. The number of carbonyl (C=O) groups excluding carboxylic acids is 2. The van der Waals surface area contributed by atoms with Crippen LogP contribution in [0, 0.1) is 6.92 Å². The first-order valence-electron chi connectivity index (χ1n) is 8.76. The number of amides is 2. The van der Waals surface area contributed by atoms with E-state index in [1.54, 1.807) is 35.2 Å². The van der Waals surface area contributed by atoms with Gasteiger partial charge in [0, 0.05) is 23.7 Å². The molecule has 0 bridgehead atoms. The molecule has 1 fully saturated rings. The Balaban J connectivity index is 1.73. The van der Waals surface area contributed by atoms with Gasteiger partial charge in [-0.1, -0.05) is 53.2 Å². The summed E-state index contributed by atoms with van der Waals surface area (Å²) in [5.41, 5.74) is 2.50. The van der Waals surface area contributed by atoms with Crippen molar-refractivity contribution in [2.24, 2.45) is 4.99 Å². The molecule has 7 heteroatoms. The third-order valence-electron chi connectivity index (χ3n) is 4.07. The molecule has 1 N–H and O–H groups in total. The molecule has 2 aromatic rings. The maximum atomic E-state index is 12.8. The van der Waals surface area contributed by atoms with Gasteiger partial charge in [0.1, 0.15) is 5.25 Å². The van der Waals surface area contributed by atoms with Crippen molar-refractivity contribution in [3.05, 3.63) is 71.8 Å². The van der Waals surface area contributed by atoms with Crippen LogP contribution in [-0.4, -0.2) is 33.7 Å². The maximum Gasteiger partial charge on any atom is 0.242 e. The predicted octanol–water partition coefficient (Wildman–Crippen LogP) is 4.79. The van der Waals surface area contributed by atoms with Crippen LogP contribution in [0.15, 0.2) is 66.2 Å². The SMILES string of the molecule is C=CCN1C(=O)[C@@H](CC(=O)Nc2cccc(Cl)c2)SC1=Nc1ccc(C)cc1. The second-order valence-electron chi connectivity index (χ2n) is 6.34. The zero-order valence-corrected chi connectivity index (χ0v) is 17.0. The summed E-state index contributed by atoms with van der Waals surface area (Å²) in [4.78, 5) is 31.3. The first-order chi connectivity index (χ1) is 13.5. The van der Waals surface area contributed by atoms with Gasteiger partial charge in [-0.2, -0.15) is 0 Å². The van der Waals surface area contributed by atoms with Gasteiger partial charge < -0.3 is 5.32 Å². The maximum absolute atomic E-state index is 12.8. The van der Waals surface area contributed by atoms with Crippen LogP contribution in [0.5, 0.6) is 0 Å². The normalized spacial score (nSPS) is 17.8. The van der Waals surface area contributed by atoms with Gasteiger partial charge in [-0.3, -0.25) is 14.5 Å². The van der Waals surface area contributed by atoms with Gasteiger partial charge in [-0.25, -0.2) is 4.99 Å². The Morgan fingerprint density at radius 3 is 2.75 bits per heavy atom. The lowest BCUT2D eigenvalue weighted by Crippen LogP contribution is -2.33. The van der Waals surface area contributed by atoms with Crippen LogP contribution in [0.25, 0.3) is 0 Å². The van der Waals surface area contributed by atoms with Crippen molar-refractivity contribution in [3.8, 4) is 0 Å². The Kier molecular flexibility index (Phi) is 6.54. The van der Waals surface area contributed by atoms with Crippen LogP contribution in [0.2, 0.25) is 5.02 Å². The van der Waals surface area contributed by atoms with Crippen molar-refractivity contribution in [1.82, 2.24) is 4.90 Å². The topological polar surface area (TPSA) is 61.8 Å². The van der Waals surface area contributed by atoms with Crippen molar-refractivity contribution in [2.45, 2.75) is 18.6 Å². The van der Waals surface area contributed by atoms with Crippen molar-refractivity contribution in [3.63, 3.8) is 0 Å². The van der Waals surface area contributed by atoms with Crippen LogP contribution in [0.3, 0.4) is 0 Å². The number of hydrogen-bond acceptors (Lipinski definition) is 4. The lowest BCUT2D eigenvalue weighted by atomic mass is 10.2. The fourth-order valence-corrected chi connectivity index (χ4v) is 4.06. The molecule has 3 rings (SSSR count). The number of amidine groups is 1. The minimum absolute atomic E-state index is 0.0522. The van der Waals surface area contributed by atoms with Crippen molar-refractivity contribution < 1.29 is 9.59 Å². The highest BCUT2D eigenvalue weighted by molar-refractivity contribution is 8.15. The largest absolute Gasteiger partial charge is 0.326 e. The molecule has 1 heterocycles. The highest BCUT2D eigenvalue weighted by Gasteiger charge is 2.38. The fraction of sp³-hybridized carbons (Fsp3) is 0.190. The van der Waals surface area contributed by atoms with Gasteiger partial charge in [-0.05, 0) is 37.3 Å². The molecule has 0 radical (unpaired) electrons. The lowest BCUT2D eigenvalue weighted by Gasteiger charge is -2.13. The molecular weight excluding hydrogens is 394 g/mol. The highest BCUT2D eigenvalue weighted by Crippen LogP contribution is 2.32. The van der Waals surface area contributed by atoms with E-state index in [4.69, 9.17) is 11.6 Å². The second kappa shape index (κ2) is 9.08. The van der Waals surface area contributed by atoms with E-state index in [-0.39, 0.29) is 18.2 Å². The Labute approximate surface area is 173 Å². The quantitative estimate of drug-likeness (QED) is 0.692. The molecule has 0 unspecified atom stereocenters. The summed E-state index contributed by atoms with van der Waals surface area (Å²) in [6.45, 7) is 6.07. The van der Waals surface area contributed by atoms with E-state index in [9.17, 15) is 9.59 Å². The molecule has 1 saturated heterocycles. The zero-order valence-electron chi connectivity index (χ0n) is 15.4. The number of anilines is 1. The van der Waals surface area contributed by atoms with E-state index in [2.05, 4.69) is 16.9 Å². The Morgan fingerprint density at radius 1 is 1.32 bits per heavy atom. The monoisotopic (exact) mass is 413 g/mol. The molecule has 1 aliphatic rings. The average molecular weight is 414 g/mol. The molecular formula is C21H20ClN3O2S. The van der Waals surface area contributed by atoms with Crippen molar-refractivity contribution >= 4 is 51.7 Å². The predicted molar refractivity (Wildman–Crippen MR) is 116 cm³/mol. The average Bonchev–Trinajstić information content (AvgIpc) is 2.93. The molecule has 0 aliphatic carbocycles. The zero-order chi connectivity index (χ0) is 20.1. The van der Waals surface area contributed by atoms with Gasteiger partial charge in [0.15, 0.2) is 5.17 Å². The van der Waals surface area contributed by atoms with Crippen LogP contribution in [-0.2, 0) is 9.59 Å². The Hall–Kier alpha value is -2.57. The van der Waals surface area contributed by atoms with E-state index >= 15 is 0 Å². The summed E-state index contributed by atoms with van der Waals surface area (Å²) in [5, 5.41) is 3.37. The van der Waals surface area contributed by atoms with Crippen LogP contribution in [0.4, 0.5) is 11.4 Å². The molecule has 28 heavy (non-hydrogen) atoms. The van der Waals surface area contributed by atoms with E-state index < -0.39 is 5.25 Å². The van der Waals surface area contributed by atoms with Crippen LogP contribution in [0.1, 0.15) is 12.0 Å². The standard InChI is InChI=1S/C21H20ClN3O2S/c1-3-11-25-20(27)18(13-19(26)23-17-6-4-5-15(22)12-17)28-21(25)24-16-9-7-14(2)8-10-16/h3-10,12,18H,1,11,13H2,2H3,(H,23,26)/t18-/m1/s1. The molecule has 5 nitrogen and oxygen atoms in total. The summed E-state index contributed by atoms with van der Waals surface area (Å²) >= 11 is 7.24. The first kappa shape index (κ1) is 20.2. The van der Waals surface area contributed by atoms with Gasteiger partial charge in [-0.15, -0.1) is 6.58 Å². The molecule has 2 aromatic carbocycles. The minimum atomic E-state index is -0.525. The highest BCUT2D eigenvalue weighted by atomic mass is 35.5. The van der Waals surface area contributed by atoms with Crippen LogP contribution < -0.4 is 5.32 Å². The molecule has 0 spiro atoms. The number of thioether (sulfide) groups is 1. The van der Waals surface area contributed by atoms with E-state index in [1.165, 1.54) is 11.8 Å². The fourth-order valence-electron chi connectivity index (χ4n) is 2.70. The second-order valence-corrected chi connectivity index (χ2v) is 7.94. The van der Waals surface area contributed by atoms with Gasteiger partial charge >= 0.3 is 0 Å². The Bertz CT molecular complexity index is 928. The molecule has 144 valence electrons. The summed E-state index contributed by atoms with van der Waals surface area (Å²) in [5.74, 6) is -0.389. The number of benzene rings is 2. The first-order valence-corrected chi connectivity index (χ1v) is 10.0. The molecule has 1 atom stereocenters. The van der Waals surface area contributed by atoms with E-state index in [0.717, 1.165) is 11.3 Å². The van der Waals surface area contributed by atoms with Crippen LogP contribution >= 0.6 is 23.4 Å². The van der Waals surface area contributed by atoms with Gasteiger partial charge in [0.05, 0.1) is 5.69 Å². The van der Waals surface area contributed by atoms with E-state index in [0.29, 0.717) is 22.4 Å². The summed E-state index contributed by atoms with van der Waals surface area (Å²) in [6.07, 6.45) is 1.70. The lowest BCUT2D eigenvalue weighted by molar-refractivity contribution is -0.127. The number of nitrogens with zero attached hydrogens (tertiary/aromatic N) is 2. The number of halogens is 1. The number of aliphatic imine (C=N–C) groups is 1. The molecule has 1 aliphatic heterocycles. The summed E-state index contributed by atoms with van der Waals surface area (Å²) in [7, 11) is 0. The minimum Gasteiger partial charge on any atom is -0.326 e. The molecule has 0 aromatic heterocycles. The molecule has 0 saturated carbocycles. The number of hydrogen-bond donors (Lipinski definition) is 1. The van der Waals surface area contributed by atoms with Crippen molar-refractivity contribution in [1.29, 1.82) is 0 Å². The Morgan fingerprint density at radius 2 is 2.07 bits per heavy atom. The van der Waals surface area contributed by atoms with Crippen molar-refractivity contribution in [2.75, 3.05) is 11.9 Å². The smallest absolute Gasteiger partial charge is 0.242 e. The van der Waals surface area contributed by atoms with Gasteiger partial charge in [0.25, 0.3) is 0 Å². The number of rotatable bonds is 6. The third-order valence-corrected chi connectivity index (χ3v) is 5.48. The number of nitrogens with one attached hydrogen (secondary N) is 1. The third kappa shape index (κ3) is 5.03.